The van der Waals surface area contributed by atoms with Gasteiger partial charge in [-0.1, -0.05) is 0 Å². The highest BCUT2D eigenvalue weighted by Gasteiger charge is 1.98. The van der Waals surface area contributed by atoms with E-state index in [1.165, 1.54) is 10.6 Å². The molecule has 0 aliphatic heterocycles. The van der Waals surface area contributed by atoms with Gasteiger partial charge in [-0.15, -0.1) is 11.3 Å². The molecule has 2 rings (SSSR count). The predicted molar refractivity (Wildman–Crippen MR) is 55.9 cm³/mol. The fourth-order valence-electron chi connectivity index (χ4n) is 1.22. The third-order valence-electron chi connectivity index (χ3n) is 2.01. The zero-order chi connectivity index (χ0) is 9.80. The quantitative estimate of drug-likeness (QED) is 0.820. The molecule has 1 N–H and O–H groups in total. The van der Waals surface area contributed by atoms with Gasteiger partial charge >= 0.3 is 0 Å². The number of hydrogen-bond acceptors (Lipinski definition) is 4. The minimum Gasteiger partial charge on any atom is -0.306 e. The Morgan fingerprint density at radius 3 is 3.07 bits per heavy atom. The molecule has 14 heavy (non-hydrogen) atoms. The Hall–Kier alpha value is -1.20. The number of aromatic nitrogens is 3. The molecule has 0 saturated heterocycles. The number of nitrogens with zero attached hydrogens (tertiary/aromatic N) is 3. The summed E-state index contributed by atoms with van der Waals surface area (Å²) in [6.07, 6.45) is 3.70. The first kappa shape index (κ1) is 9.36. The maximum absolute atomic E-state index is 4.10. The first-order valence-electron chi connectivity index (χ1n) is 4.41. The summed E-state index contributed by atoms with van der Waals surface area (Å²) in [7, 11) is 1.95. The first-order valence-corrected chi connectivity index (χ1v) is 5.29. The van der Waals surface area contributed by atoms with Crippen molar-refractivity contribution < 1.29 is 0 Å². The van der Waals surface area contributed by atoms with E-state index in [1.54, 1.807) is 11.3 Å². The van der Waals surface area contributed by atoms with E-state index in [2.05, 4.69) is 15.4 Å². The zero-order valence-electron chi connectivity index (χ0n) is 7.97. The minimum atomic E-state index is 0.842. The Balaban J connectivity index is 1.81. The van der Waals surface area contributed by atoms with E-state index in [1.807, 2.05) is 35.7 Å². The van der Waals surface area contributed by atoms with Gasteiger partial charge in [0.05, 0.1) is 11.2 Å². The summed E-state index contributed by atoms with van der Waals surface area (Å²) in [5.41, 5.74) is 3.04. The summed E-state index contributed by atoms with van der Waals surface area (Å²) in [5, 5.41) is 7.44. The second kappa shape index (κ2) is 4.34. The molecule has 0 fully saturated rings. The van der Waals surface area contributed by atoms with Gasteiger partial charge in [0.2, 0.25) is 0 Å². The fourth-order valence-corrected chi connectivity index (χ4v) is 1.78. The minimum absolute atomic E-state index is 0.842. The number of nitrogens with one attached hydrogen (secondary N) is 1. The highest BCUT2D eigenvalue weighted by atomic mass is 32.1. The lowest BCUT2D eigenvalue weighted by Crippen LogP contribution is -2.14. The monoisotopic (exact) mass is 208 g/mol. The van der Waals surface area contributed by atoms with Crippen LogP contribution >= 0.6 is 11.3 Å². The number of aryl methyl sites for hydroxylation is 1. The van der Waals surface area contributed by atoms with Crippen molar-refractivity contribution >= 4 is 11.3 Å². The summed E-state index contributed by atoms with van der Waals surface area (Å²) in [6, 6.07) is 2.01. The van der Waals surface area contributed by atoms with Gasteiger partial charge in [-0.25, -0.2) is 0 Å². The smallest absolute Gasteiger partial charge is 0.0794 e. The lowest BCUT2D eigenvalue weighted by Gasteiger charge is -2.02. The summed E-state index contributed by atoms with van der Waals surface area (Å²) in [6.45, 7) is 1.71. The maximum atomic E-state index is 4.10. The molecule has 0 atom stereocenters. The van der Waals surface area contributed by atoms with Crippen LogP contribution in [-0.4, -0.2) is 14.8 Å². The average Bonchev–Trinajstić information content (AvgIpc) is 2.78. The molecule has 0 aromatic carbocycles. The molecular weight excluding hydrogens is 196 g/mol. The summed E-state index contributed by atoms with van der Waals surface area (Å²) >= 11 is 1.67. The second-order valence-electron chi connectivity index (χ2n) is 3.02. The largest absolute Gasteiger partial charge is 0.306 e. The Kier molecular flexibility index (Phi) is 2.90. The highest BCUT2D eigenvalue weighted by Crippen LogP contribution is 2.04. The molecule has 0 aliphatic carbocycles. The van der Waals surface area contributed by atoms with Crippen molar-refractivity contribution in [2.24, 2.45) is 7.05 Å². The van der Waals surface area contributed by atoms with Crippen LogP contribution in [0.3, 0.4) is 0 Å². The maximum Gasteiger partial charge on any atom is 0.0794 e. The van der Waals surface area contributed by atoms with E-state index in [9.17, 15) is 0 Å². The van der Waals surface area contributed by atoms with Gasteiger partial charge in [0.1, 0.15) is 0 Å². The highest BCUT2D eigenvalue weighted by molar-refractivity contribution is 7.09. The van der Waals surface area contributed by atoms with Gasteiger partial charge in [0, 0.05) is 37.4 Å². The molecular formula is C9H12N4S. The van der Waals surface area contributed by atoms with Gasteiger partial charge in [-0.05, 0) is 6.07 Å². The van der Waals surface area contributed by atoms with Crippen LogP contribution in [0.15, 0.2) is 24.0 Å². The van der Waals surface area contributed by atoms with Crippen LogP contribution in [0.2, 0.25) is 0 Å². The molecule has 0 spiro atoms. The third-order valence-corrected chi connectivity index (χ3v) is 2.79. The Morgan fingerprint density at radius 1 is 1.50 bits per heavy atom. The van der Waals surface area contributed by atoms with Crippen molar-refractivity contribution in [3.63, 3.8) is 0 Å². The van der Waals surface area contributed by atoms with Crippen LogP contribution in [0.4, 0.5) is 0 Å². The third kappa shape index (κ3) is 2.18. The Labute approximate surface area is 86.6 Å². The van der Waals surface area contributed by atoms with Crippen molar-refractivity contribution in [2.75, 3.05) is 0 Å². The molecule has 0 bridgehead atoms. The Morgan fingerprint density at radius 2 is 2.43 bits per heavy atom. The summed E-state index contributed by atoms with van der Waals surface area (Å²) in [4.78, 5) is 5.27. The Bertz CT molecular complexity index is 379. The van der Waals surface area contributed by atoms with E-state index < -0.39 is 0 Å². The first-order chi connectivity index (χ1) is 6.86. The molecule has 2 aromatic heterocycles. The van der Waals surface area contributed by atoms with Gasteiger partial charge in [0.25, 0.3) is 0 Å². The molecule has 0 aliphatic rings. The molecule has 0 unspecified atom stereocenters. The van der Waals surface area contributed by atoms with Crippen LogP contribution in [-0.2, 0) is 20.1 Å². The average molecular weight is 208 g/mol. The van der Waals surface area contributed by atoms with E-state index in [0.717, 1.165) is 13.1 Å². The molecule has 5 heteroatoms. The molecule has 0 saturated carbocycles. The van der Waals surface area contributed by atoms with Crippen molar-refractivity contribution in [3.05, 3.63) is 34.5 Å². The zero-order valence-corrected chi connectivity index (χ0v) is 8.79. The van der Waals surface area contributed by atoms with Crippen molar-refractivity contribution in [1.82, 2.24) is 20.1 Å². The predicted octanol–water partition coefficient (Wildman–Crippen LogP) is 1.17. The molecule has 74 valence electrons. The van der Waals surface area contributed by atoms with Crippen LogP contribution in [0.5, 0.6) is 0 Å². The molecule has 0 amide bonds. The standard InChI is InChI=1S/C9H12N4S/c1-13-8(2-3-12-13)4-10-5-9-6-11-7-14-9/h2-3,6-7,10H,4-5H2,1H3. The summed E-state index contributed by atoms with van der Waals surface area (Å²) in [5.74, 6) is 0. The lowest BCUT2D eigenvalue weighted by molar-refractivity contribution is 0.629. The summed E-state index contributed by atoms with van der Waals surface area (Å²) < 4.78 is 1.87. The topological polar surface area (TPSA) is 42.7 Å². The van der Waals surface area contributed by atoms with E-state index in [0.29, 0.717) is 0 Å². The molecule has 4 nitrogen and oxygen atoms in total. The van der Waals surface area contributed by atoms with Crippen molar-refractivity contribution in [2.45, 2.75) is 13.1 Å². The van der Waals surface area contributed by atoms with Crippen LogP contribution in [0.25, 0.3) is 0 Å². The second-order valence-corrected chi connectivity index (χ2v) is 3.99. The van der Waals surface area contributed by atoms with Gasteiger partial charge < -0.3 is 5.32 Å². The van der Waals surface area contributed by atoms with Crippen LogP contribution < -0.4 is 5.32 Å². The number of rotatable bonds is 4. The number of hydrogen-bond donors (Lipinski definition) is 1. The van der Waals surface area contributed by atoms with Crippen LogP contribution in [0, 0.1) is 0 Å². The van der Waals surface area contributed by atoms with Crippen molar-refractivity contribution in [3.8, 4) is 0 Å². The molecule has 2 heterocycles. The van der Waals surface area contributed by atoms with Gasteiger partial charge in [0.15, 0.2) is 0 Å². The van der Waals surface area contributed by atoms with E-state index >= 15 is 0 Å². The lowest BCUT2D eigenvalue weighted by atomic mass is 10.4. The SMILES string of the molecule is Cn1nccc1CNCc1cncs1. The van der Waals surface area contributed by atoms with Gasteiger partial charge in [-0.2, -0.15) is 5.10 Å². The normalized spacial score (nSPS) is 10.6. The van der Waals surface area contributed by atoms with E-state index in [-0.39, 0.29) is 0 Å². The molecule has 2 aromatic rings. The number of thiazole rings is 1. The van der Waals surface area contributed by atoms with E-state index in [4.69, 9.17) is 0 Å². The van der Waals surface area contributed by atoms with Crippen molar-refractivity contribution in [1.29, 1.82) is 0 Å². The van der Waals surface area contributed by atoms with Gasteiger partial charge in [-0.3, -0.25) is 9.67 Å². The van der Waals surface area contributed by atoms with Crippen LogP contribution in [0.1, 0.15) is 10.6 Å². The fraction of sp³-hybridized carbons (Fsp3) is 0.333. The molecule has 0 radical (unpaired) electrons.